The number of fused-ring (bicyclic) bond motifs is 1. The minimum absolute atomic E-state index is 0.001000. The first kappa shape index (κ1) is 31.7. The summed E-state index contributed by atoms with van der Waals surface area (Å²) < 4.78 is 63.0. The molecule has 1 amide bonds. The number of hydrogen-bond donors (Lipinski definition) is 0. The van der Waals surface area contributed by atoms with Crippen LogP contribution in [0.3, 0.4) is 0 Å². The van der Waals surface area contributed by atoms with Crippen molar-refractivity contribution in [2.45, 2.75) is 55.6 Å². The molecule has 0 saturated carbocycles. The number of hydrogen-bond acceptors (Lipinski definition) is 7. The minimum Gasteiger partial charge on any atom is -0.352 e. The van der Waals surface area contributed by atoms with Crippen molar-refractivity contribution in [2.75, 3.05) is 43.4 Å². The monoisotopic (exact) mass is 669 g/mol. The normalized spacial score (nSPS) is 23.6. The molecule has 248 valence electrons. The summed E-state index contributed by atoms with van der Waals surface area (Å²) in [7, 11) is 1.69. The number of thioether (sulfide) groups is 1. The van der Waals surface area contributed by atoms with Gasteiger partial charge in [-0.25, -0.2) is 9.18 Å². The lowest BCUT2D eigenvalue weighted by atomic mass is 9.94. The van der Waals surface area contributed by atoms with E-state index in [9.17, 15) is 14.0 Å². The van der Waals surface area contributed by atoms with Crippen LogP contribution in [-0.4, -0.2) is 91.8 Å². The van der Waals surface area contributed by atoms with Crippen molar-refractivity contribution in [3.63, 3.8) is 0 Å². The van der Waals surface area contributed by atoms with E-state index < -0.39 is 29.6 Å². The first-order chi connectivity index (χ1) is 22.4. The van der Waals surface area contributed by atoms with E-state index in [0.29, 0.717) is 52.1 Å². The van der Waals surface area contributed by atoms with Gasteiger partial charge in [-0.1, -0.05) is 24.8 Å². The molecule has 2 unspecified atom stereocenters. The number of nitrogens with zero attached hydrogens (tertiary/aromatic N) is 7. The number of anilines is 1. The van der Waals surface area contributed by atoms with Crippen LogP contribution in [0.25, 0.3) is 32.9 Å². The Labute approximate surface area is 272 Å². The van der Waals surface area contributed by atoms with Gasteiger partial charge in [0.15, 0.2) is 0 Å². The van der Waals surface area contributed by atoms with Crippen LogP contribution >= 0.6 is 11.8 Å². The molecule has 4 atom stereocenters. The fourth-order valence-electron chi connectivity index (χ4n) is 7.68. The molecule has 0 bridgehead atoms. The van der Waals surface area contributed by atoms with Crippen LogP contribution in [0.4, 0.5) is 23.4 Å². The predicted molar refractivity (Wildman–Crippen MR) is 175 cm³/mol. The van der Waals surface area contributed by atoms with Gasteiger partial charge in [0, 0.05) is 84.4 Å². The number of alkyl halides is 4. The number of rotatable bonds is 5. The zero-order chi connectivity index (χ0) is 33.4. The average Bonchev–Trinajstić information content (AvgIpc) is 3.62. The number of para-hydroxylation sites is 1. The number of aryl methyl sites for hydroxylation is 1. The standard InChI is InChI=1S/C33H35F4N7O2S/c1-5-26(45)43-18(2)13-42(14-19(43)3)31-24-11-25(33(35,36)37)27(23-8-6-7-20-12-38-40(4)28(20)23)30-29(24)44(32(46)39-31)22(17-47-30)16-41-10-9-21(34)15-41/h5-8,11-12,18-19,21-22H,1,9-10,13-17H2,2-4H3/t18-,19+,21?,22?. The van der Waals surface area contributed by atoms with Crippen LogP contribution in [0.5, 0.6) is 0 Å². The lowest BCUT2D eigenvalue weighted by molar-refractivity contribution is -0.137. The summed E-state index contributed by atoms with van der Waals surface area (Å²) in [6.45, 7) is 9.03. The second-order valence-corrected chi connectivity index (χ2v) is 13.8. The third-order valence-corrected chi connectivity index (χ3v) is 10.8. The Balaban J connectivity index is 1.50. The lowest BCUT2D eigenvalue weighted by Gasteiger charge is -2.45. The Morgan fingerprint density at radius 1 is 1.15 bits per heavy atom. The second-order valence-electron chi connectivity index (χ2n) is 12.8. The molecule has 0 N–H and O–H groups in total. The highest BCUT2D eigenvalue weighted by molar-refractivity contribution is 7.99. The van der Waals surface area contributed by atoms with Gasteiger partial charge in [-0.2, -0.15) is 23.3 Å². The molecular weight excluding hydrogens is 634 g/mol. The zero-order valence-electron chi connectivity index (χ0n) is 26.3. The van der Waals surface area contributed by atoms with Gasteiger partial charge in [0.25, 0.3) is 0 Å². The third kappa shape index (κ3) is 5.29. The third-order valence-electron chi connectivity index (χ3n) is 9.60. The number of amides is 1. The van der Waals surface area contributed by atoms with E-state index in [1.165, 1.54) is 22.4 Å². The number of aromatic nitrogens is 4. The maximum Gasteiger partial charge on any atom is 0.417 e. The fraction of sp³-hybridized carbons (Fsp3) is 0.455. The second kappa shape index (κ2) is 11.7. The van der Waals surface area contributed by atoms with Crippen LogP contribution < -0.4 is 10.6 Å². The van der Waals surface area contributed by atoms with Gasteiger partial charge >= 0.3 is 11.9 Å². The van der Waals surface area contributed by atoms with Gasteiger partial charge in [-0.05, 0) is 32.4 Å². The maximum absolute atomic E-state index is 15.2. The summed E-state index contributed by atoms with van der Waals surface area (Å²) in [4.78, 5) is 37.0. The summed E-state index contributed by atoms with van der Waals surface area (Å²) in [5, 5.41) is 5.23. The van der Waals surface area contributed by atoms with E-state index in [1.807, 2.05) is 23.6 Å². The Hall–Kier alpha value is -3.91. The van der Waals surface area contributed by atoms with Crippen LogP contribution in [0.1, 0.15) is 31.9 Å². The van der Waals surface area contributed by atoms with Crippen LogP contribution in [0.15, 0.2) is 52.8 Å². The molecule has 14 heteroatoms. The van der Waals surface area contributed by atoms with E-state index in [0.717, 1.165) is 6.07 Å². The summed E-state index contributed by atoms with van der Waals surface area (Å²) >= 11 is 1.29. The molecule has 2 saturated heterocycles. The first-order valence-electron chi connectivity index (χ1n) is 15.7. The molecule has 3 aliphatic heterocycles. The SMILES string of the molecule is C=CC(=O)N1[C@H](C)CN(c2nc(=O)n3c4c(c(-c5cccc6cnn(C)c56)c(C(F)(F)F)cc24)SCC3CN2CCC(F)C2)C[C@@H]1C. The highest BCUT2D eigenvalue weighted by Crippen LogP contribution is 2.51. The Kier molecular flexibility index (Phi) is 7.85. The van der Waals surface area contributed by atoms with E-state index in [1.54, 1.807) is 41.0 Å². The molecule has 2 aromatic heterocycles. The van der Waals surface area contributed by atoms with E-state index in [-0.39, 0.29) is 54.4 Å². The molecule has 7 rings (SSSR count). The molecule has 0 radical (unpaired) electrons. The maximum atomic E-state index is 15.2. The van der Waals surface area contributed by atoms with Crippen LogP contribution in [0, 0.1) is 0 Å². The molecule has 3 aliphatic rings. The highest BCUT2D eigenvalue weighted by Gasteiger charge is 2.41. The van der Waals surface area contributed by atoms with Crippen molar-refractivity contribution in [1.29, 1.82) is 0 Å². The van der Waals surface area contributed by atoms with Gasteiger partial charge < -0.3 is 9.80 Å². The van der Waals surface area contributed by atoms with Gasteiger partial charge in [0.05, 0.1) is 28.8 Å². The number of likely N-dealkylation sites (tertiary alicyclic amines) is 1. The quantitative estimate of drug-likeness (QED) is 0.212. The number of carbonyl (C=O) groups is 1. The molecule has 0 aliphatic carbocycles. The molecule has 9 nitrogen and oxygen atoms in total. The molecule has 2 aromatic carbocycles. The van der Waals surface area contributed by atoms with Gasteiger partial charge in [0.1, 0.15) is 12.0 Å². The van der Waals surface area contributed by atoms with Crippen molar-refractivity contribution < 1.29 is 22.4 Å². The molecule has 47 heavy (non-hydrogen) atoms. The van der Waals surface area contributed by atoms with Crippen molar-refractivity contribution in [1.82, 2.24) is 29.1 Å². The predicted octanol–water partition coefficient (Wildman–Crippen LogP) is 5.27. The Morgan fingerprint density at radius 3 is 2.55 bits per heavy atom. The van der Waals surface area contributed by atoms with Gasteiger partial charge in [-0.15, -0.1) is 11.8 Å². The lowest BCUT2D eigenvalue weighted by Crippen LogP contribution is -2.58. The Bertz CT molecular complexity index is 1960. The van der Waals surface area contributed by atoms with Crippen molar-refractivity contribution in [2.24, 2.45) is 7.05 Å². The fourth-order valence-corrected chi connectivity index (χ4v) is 9.00. The topological polar surface area (TPSA) is 79.5 Å². The summed E-state index contributed by atoms with van der Waals surface area (Å²) in [6.07, 6.45) is -2.42. The van der Waals surface area contributed by atoms with E-state index in [4.69, 9.17) is 0 Å². The summed E-state index contributed by atoms with van der Waals surface area (Å²) in [5.41, 5.74) is -0.0751. The van der Waals surface area contributed by atoms with E-state index in [2.05, 4.69) is 16.7 Å². The summed E-state index contributed by atoms with van der Waals surface area (Å²) in [5.74, 6) is 0.247. The van der Waals surface area contributed by atoms with Crippen molar-refractivity contribution in [3.05, 3.63) is 59.2 Å². The average molecular weight is 670 g/mol. The summed E-state index contributed by atoms with van der Waals surface area (Å²) in [6, 6.07) is 5.27. The van der Waals surface area contributed by atoms with Gasteiger partial charge in [0.2, 0.25) is 5.91 Å². The molecule has 2 fully saturated rings. The molecule has 4 aromatic rings. The molecule has 0 spiro atoms. The highest BCUT2D eigenvalue weighted by atomic mass is 32.2. The van der Waals surface area contributed by atoms with Crippen LogP contribution in [-0.2, 0) is 18.0 Å². The van der Waals surface area contributed by atoms with Crippen molar-refractivity contribution in [3.8, 4) is 11.1 Å². The largest absolute Gasteiger partial charge is 0.417 e. The van der Waals surface area contributed by atoms with E-state index >= 15 is 13.2 Å². The van der Waals surface area contributed by atoms with Crippen molar-refractivity contribution >= 4 is 45.3 Å². The van der Waals surface area contributed by atoms with Gasteiger partial charge in [-0.3, -0.25) is 18.9 Å². The zero-order valence-corrected chi connectivity index (χ0v) is 27.1. The first-order valence-corrected chi connectivity index (χ1v) is 16.7. The number of piperazine rings is 1. The molecular formula is C33H35F4N7O2S. The number of benzene rings is 2. The Morgan fingerprint density at radius 2 is 1.89 bits per heavy atom. The van der Waals surface area contributed by atoms with Crippen LogP contribution in [0.2, 0.25) is 0 Å². The minimum atomic E-state index is -4.74. The number of halogens is 4. The molecule has 5 heterocycles. The number of carbonyl (C=O) groups excluding carboxylic acids is 1. The smallest absolute Gasteiger partial charge is 0.352 e.